The molecule has 5 atom stereocenters. The molecule has 312 valence electrons. The monoisotopic (exact) mass is 827 g/mol. The van der Waals surface area contributed by atoms with E-state index in [0.717, 1.165) is 35.7 Å². The van der Waals surface area contributed by atoms with Gasteiger partial charge in [-0.05, 0) is 105 Å². The molecule has 0 radical (unpaired) electrons. The molecule has 15 heteroatoms. The summed E-state index contributed by atoms with van der Waals surface area (Å²) in [4.78, 5) is 62.8. The summed E-state index contributed by atoms with van der Waals surface area (Å²) in [6.07, 6.45) is 7.66. The molecular formula is C42H58ClN5O8S. The number of nitrogens with zero attached hydrogens (tertiary/aromatic N) is 2. The second-order valence-corrected chi connectivity index (χ2v) is 20.0. The fourth-order valence-corrected chi connectivity index (χ4v) is 9.08. The van der Waals surface area contributed by atoms with Gasteiger partial charge in [-0.3, -0.25) is 19.1 Å². The van der Waals surface area contributed by atoms with Crippen LogP contribution in [-0.2, 0) is 35.6 Å². The molecule has 4 amide bonds. The third-order valence-corrected chi connectivity index (χ3v) is 14.0. The Hall–Kier alpha value is -4.17. The molecule has 1 aliphatic carbocycles. The molecule has 1 aromatic carbocycles. The Bertz CT molecular complexity index is 2050. The number of unbranched alkanes of at least 4 members (excludes halogenated alkanes) is 3. The van der Waals surface area contributed by atoms with Crippen LogP contribution in [-0.4, -0.2) is 82.2 Å². The van der Waals surface area contributed by atoms with Crippen molar-refractivity contribution in [2.45, 2.75) is 146 Å². The highest BCUT2D eigenvalue weighted by molar-refractivity contribution is 7.91. The minimum absolute atomic E-state index is 0.00793. The number of likely N-dealkylation sites (tertiary alicyclic amines) is 1. The molecule has 3 aliphatic rings. The lowest BCUT2D eigenvalue weighted by Crippen LogP contribution is -2.64. The lowest BCUT2D eigenvalue weighted by Gasteiger charge is -2.36. The molecular weight excluding hydrogens is 770 g/mol. The Morgan fingerprint density at radius 3 is 2.46 bits per heavy atom. The van der Waals surface area contributed by atoms with Crippen LogP contribution in [0.1, 0.15) is 111 Å². The van der Waals surface area contributed by atoms with Crippen molar-refractivity contribution in [3.8, 4) is 5.75 Å². The van der Waals surface area contributed by atoms with Gasteiger partial charge in [0.15, 0.2) is 0 Å². The fraction of sp³-hybridized carbons (Fsp3) is 0.595. The first-order chi connectivity index (χ1) is 26.6. The van der Waals surface area contributed by atoms with Gasteiger partial charge in [-0.15, -0.1) is 13.2 Å². The Morgan fingerprint density at radius 2 is 1.82 bits per heavy atom. The van der Waals surface area contributed by atoms with E-state index >= 15 is 0 Å². The topological polar surface area (TPSA) is 173 Å². The number of carbonyl (C=O) groups is 4. The summed E-state index contributed by atoms with van der Waals surface area (Å²) in [5.74, 6) is -2.28. The molecule has 3 N–H and O–H groups in total. The fourth-order valence-electron chi connectivity index (χ4n) is 7.56. The number of ether oxygens (including phenoxy) is 2. The van der Waals surface area contributed by atoms with E-state index in [0.29, 0.717) is 48.6 Å². The van der Waals surface area contributed by atoms with Gasteiger partial charge >= 0.3 is 6.09 Å². The molecule has 2 aliphatic heterocycles. The number of hydrogen-bond donors (Lipinski definition) is 3. The highest BCUT2D eigenvalue weighted by Gasteiger charge is 2.56. The minimum atomic E-state index is -4.06. The van der Waals surface area contributed by atoms with Gasteiger partial charge in [0.1, 0.15) is 34.6 Å². The number of benzene rings is 1. The summed E-state index contributed by atoms with van der Waals surface area (Å²) < 4.78 is 39.9. The van der Waals surface area contributed by atoms with Crippen molar-refractivity contribution in [1.82, 2.24) is 25.2 Å². The maximum atomic E-state index is 14.8. The number of aryl methyl sites for hydroxylation is 2. The number of amides is 4. The van der Waals surface area contributed by atoms with Gasteiger partial charge < -0.3 is 25.0 Å². The van der Waals surface area contributed by atoms with Gasteiger partial charge in [0.05, 0.1) is 22.5 Å². The maximum absolute atomic E-state index is 14.8. The smallest absolute Gasteiger partial charge is 0.408 e. The second-order valence-electron chi connectivity index (χ2n) is 17.4. The predicted octanol–water partition coefficient (Wildman–Crippen LogP) is 6.59. The number of carbonyl (C=O) groups excluding carboxylic acids is 4. The first-order valence-corrected chi connectivity index (χ1v) is 21.6. The summed E-state index contributed by atoms with van der Waals surface area (Å²) in [5.41, 5.74) is -1.32. The van der Waals surface area contributed by atoms with Gasteiger partial charge in [0.25, 0.3) is 5.91 Å². The number of sulfonamides is 1. The zero-order chi connectivity index (χ0) is 42.1. The van der Waals surface area contributed by atoms with E-state index in [4.69, 9.17) is 26.1 Å². The maximum Gasteiger partial charge on any atom is 0.408 e. The lowest BCUT2D eigenvalue weighted by molar-refractivity contribution is -0.142. The van der Waals surface area contributed by atoms with E-state index in [9.17, 15) is 27.6 Å². The van der Waals surface area contributed by atoms with Crippen molar-refractivity contribution in [2.75, 3.05) is 6.54 Å². The van der Waals surface area contributed by atoms with E-state index in [2.05, 4.69) is 28.5 Å². The number of fused-ring (bicyclic) bond motifs is 3. The van der Waals surface area contributed by atoms with Crippen molar-refractivity contribution in [3.05, 3.63) is 59.8 Å². The van der Waals surface area contributed by atoms with E-state index < -0.39 is 73.3 Å². The molecule has 57 heavy (non-hydrogen) atoms. The van der Waals surface area contributed by atoms with E-state index in [1.165, 1.54) is 17.9 Å². The van der Waals surface area contributed by atoms with Gasteiger partial charge in [-0.2, -0.15) is 0 Å². The molecule has 1 aromatic heterocycles. The molecule has 0 unspecified atom stereocenters. The van der Waals surface area contributed by atoms with Crippen LogP contribution in [0.3, 0.4) is 0 Å². The Kier molecular flexibility index (Phi) is 12.8. The molecule has 5 rings (SSSR count). The van der Waals surface area contributed by atoms with Crippen LogP contribution in [0, 0.1) is 12.8 Å². The van der Waals surface area contributed by atoms with Gasteiger partial charge in [-0.1, -0.05) is 43.5 Å². The highest BCUT2D eigenvalue weighted by Crippen LogP contribution is 2.45. The van der Waals surface area contributed by atoms with Gasteiger partial charge in [0.2, 0.25) is 21.8 Å². The van der Waals surface area contributed by atoms with E-state index in [1.54, 1.807) is 40.7 Å². The van der Waals surface area contributed by atoms with Crippen LogP contribution in [0.25, 0.3) is 10.9 Å². The third-order valence-electron chi connectivity index (χ3n) is 11.6. The Balaban J connectivity index is 1.52. The number of nitrogens with one attached hydrogen (secondary N) is 3. The first kappa shape index (κ1) is 43.9. The number of aromatic nitrogens is 1. The third kappa shape index (κ3) is 9.59. The van der Waals surface area contributed by atoms with Crippen LogP contribution in [0.15, 0.2) is 43.5 Å². The number of alkyl carbamates (subject to hydrolysis) is 1. The molecule has 3 heterocycles. The van der Waals surface area contributed by atoms with Crippen molar-refractivity contribution >= 4 is 56.3 Å². The molecule has 1 saturated heterocycles. The van der Waals surface area contributed by atoms with Crippen LogP contribution < -0.4 is 20.1 Å². The van der Waals surface area contributed by atoms with E-state index in [-0.39, 0.29) is 19.4 Å². The Labute approximate surface area is 341 Å². The average Bonchev–Trinajstić information content (AvgIpc) is 3.80. The number of halogens is 1. The summed E-state index contributed by atoms with van der Waals surface area (Å²) in [6, 6.07) is 3.26. The van der Waals surface area contributed by atoms with Gasteiger partial charge in [0, 0.05) is 28.3 Å². The average molecular weight is 828 g/mol. The van der Waals surface area contributed by atoms with Crippen LogP contribution in [0.4, 0.5) is 4.79 Å². The molecule has 13 nitrogen and oxygen atoms in total. The minimum Gasteiger partial charge on any atom is -0.483 e. The van der Waals surface area contributed by atoms with Crippen LogP contribution >= 0.6 is 11.6 Å². The van der Waals surface area contributed by atoms with Gasteiger partial charge in [-0.25, -0.2) is 18.2 Å². The molecule has 1 spiro atoms. The zero-order valence-corrected chi connectivity index (χ0v) is 35.8. The van der Waals surface area contributed by atoms with E-state index in [1.807, 2.05) is 25.1 Å². The molecule has 1 saturated carbocycles. The van der Waals surface area contributed by atoms with Crippen molar-refractivity contribution in [1.29, 1.82) is 0 Å². The summed E-state index contributed by atoms with van der Waals surface area (Å²) in [7, 11) is -4.06. The zero-order valence-electron chi connectivity index (χ0n) is 34.3. The largest absolute Gasteiger partial charge is 0.483 e. The standard InChI is InChI=1S/C42H58ClN5O8S/c1-10-12-13-14-15-16-32(45-38(52)56-39(5,6)7)36(50)48-25-42(20-19-29-30-23-28(43)17-18-31(30)44-27(4)34(29)55-42)24-33(48)35(49)46-41(9,26(3)11-2)37(51)47-57(53,54)40(8)21-22-40/h10-11,17-18,23,26,32-33H,1-2,12-16,19-22,24-25H2,3-9H3,(H,45,52)(H,46,49)(H,47,51)/t26-,32-,33-,41+,42+/m0/s1. The predicted molar refractivity (Wildman–Crippen MR) is 220 cm³/mol. The quantitative estimate of drug-likeness (QED) is 0.132. The van der Waals surface area contributed by atoms with Crippen molar-refractivity contribution in [2.24, 2.45) is 5.92 Å². The molecule has 0 bridgehead atoms. The lowest BCUT2D eigenvalue weighted by atomic mass is 9.85. The SMILES string of the molecule is C=CCCCCC[C@H](NC(=O)OC(C)(C)C)C(=O)N1C[C@@]2(CCc3c(c(C)nc4ccc(Cl)cc34)O2)C[C@H]1C(=O)N[C@@](C)(C(=O)NS(=O)(=O)C1(C)CC1)[C@@H](C)C=C. The van der Waals surface area contributed by atoms with Crippen molar-refractivity contribution in [3.63, 3.8) is 0 Å². The highest BCUT2D eigenvalue weighted by atomic mass is 35.5. The van der Waals surface area contributed by atoms with Crippen LogP contribution in [0.5, 0.6) is 5.75 Å². The van der Waals surface area contributed by atoms with Crippen LogP contribution in [0.2, 0.25) is 5.02 Å². The molecule has 2 fully saturated rings. The first-order valence-electron chi connectivity index (χ1n) is 19.8. The molecule has 2 aromatic rings. The number of hydrogen-bond acceptors (Lipinski definition) is 9. The summed E-state index contributed by atoms with van der Waals surface area (Å²) in [6.45, 7) is 19.3. The normalized spacial score (nSPS) is 22.0. The summed E-state index contributed by atoms with van der Waals surface area (Å²) in [5, 5.41) is 7.02. The number of pyridine rings is 1. The number of rotatable bonds is 15. The Morgan fingerprint density at radius 1 is 1.12 bits per heavy atom. The second kappa shape index (κ2) is 16.6. The van der Waals surface area contributed by atoms with Crippen molar-refractivity contribution < 1.29 is 37.1 Å². The number of allylic oxidation sites excluding steroid dienone is 1. The summed E-state index contributed by atoms with van der Waals surface area (Å²) >= 11 is 6.39.